The van der Waals surface area contributed by atoms with E-state index in [1.54, 1.807) is 30.5 Å². The molecule has 0 aliphatic carbocycles. The minimum absolute atomic E-state index is 0.0689. The van der Waals surface area contributed by atoms with Gasteiger partial charge in [0.05, 0.1) is 43.2 Å². The zero-order chi connectivity index (χ0) is 26.3. The number of pyridine rings is 1. The Hall–Kier alpha value is -3.89. The van der Waals surface area contributed by atoms with Crippen molar-refractivity contribution < 1.29 is 27.5 Å². The average molecular weight is 504 g/mol. The molecule has 3 aromatic rings. The average Bonchev–Trinajstić information content (AvgIpc) is 3.35. The quantitative estimate of drug-likeness (QED) is 0.384. The Kier molecular flexibility index (Phi) is 8.68. The van der Waals surface area contributed by atoms with Gasteiger partial charge in [0, 0.05) is 18.3 Å². The molecule has 0 aliphatic heterocycles. The second kappa shape index (κ2) is 11.7. The number of hydrogen-bond donors (Lipinski definition) is 2. The maximum absolute atomic E-state index is 12.8. The van der Waals surface area contributed by atoms with E-state index in [1.165, 1.54) is 7.11 Å². The summed E-state index contributed by atoms with van der Waals surface area (Å²) in [6, 6.07) is 8.68. The summed E-state index contributed by atoms with van der Waals surface area (Å²) < 4.78 is 44.1. The fourth-order valence-corrected chi connectivity index (χ4v) is 3.69. The molecule has 11 heteroatoms. The number of carbonyl (C=O) groups excluding carboxylic acids is 2. The first-order valence-corrected chi connectivity index (χ1v) is 11.4. The Morgan fingerprint density at radius 1 is 1.17 bits per heavy atom. The second-order valence-electron chi connectivity index (χ2n) is 8.22. The van der Waals surface area contributed by atoms with Gasteiger partial charge in [-0.3, -0.25) is 9.59 Å². The van der Waals surface area contributed by atoms with Crippen LogP contribution in [-0.4, -0.2) is 40.3 Å². The van der Waals surface area contributed by atoms with Crippen LogP contribution >= 0.6 is 0 Å². The highest BCUT2D eigenvalue weighted by Crippen LogP contribution is 2.30. The Morgan fingerprint density at radius 2 is 1.94 bits per heavy atom. The van der Waals surface area contributed by atoms with Gasteiger partial charge < -0.3 is 15.4 Å². The molecule has 192 valence electrons. The second-order valence-corrected chi connectivity index (χ2v) is 8.22. The molecule has 0 radical (unpaired) electrons. The SMILES string of the molecule is CCCC(Nc1ccc(-n2cc(C(F)(F)F)cn2)nc1)c1ccc(C(=O)NCCC(=O)OC)cc1C. The lowest BCUT2D eigenvalue weighted by Crippen LogP contribution is -2.26. The summed E-state index contributed by atoms with van der Waals surface area (Å²) >= 11 is 0. The van der Waals surface area contributed by atoms with Crippen LogP contribution in [-0.2, 0) is 15.7 Å². The van der Waals surface area contributed by atoms with Gasteiger partial charge in [0.15, 0.2) is 5.82 Å². The lowest BCUT2D eigenvalue weighted by molar-refractivity contribution is -0.140. The van der Waals surface area contributed by atoms with Crippen LogP contribution in [0.5, 0.6) is 0 Å². The highest BCUT2D eigenvalue weighted by molar-refractivity contribution is 5.94. The number of nitrogens with zero attached hydrogens (tertiary/aromatic N) is 3. The molecule has 2 aromatic heterocycles. The number of hydrogen-bond acceptors (Lipinski definition) is 6. The van der Waals surface area contributed by atoms with Crippen LogP contribution in [0.2, 0.25) is 0 Å². The number of halogens is 3. The highest BCUT2D eigenvalue weighted by Gasteiger charge is 2.32. The predicted molar refractivity (Wildman–Crippen MR) is 128 cm³/mol. The van der Waals surface area contributed by atoms with Crippen molar-refractivity contribution in [3.8, 4) is 5.82 Å². The minimum Gasteiger partial charge on any atom is -0.469 e. The summed E-state index contributed by atoms with van der Waals surface area (Å²) in [6.07, 6.45) is 0.532. The van der Waals surface area contributed by atoms with Crippen molar-refractivity contribution in [2.24, 2.45) is 0 Å². The van der Waals surface area contributed by atoms with Gasteiger partial charge in [-0.2, -0.15) is 18.3 Å². The van der Waals surface area contributed by atoms with Crippen LogP contribution in [0.1, 0.15) is 59.3 Å². The van der Waals surface area contributed by atoms with Crippen LogP contribution in [0.4, 0.5) is 18.9 Å². The van der Waals surface area contributed by atoms with E-state index in [1.807, 2.05) is 13.0 Å². The first kappa shape index (κ1) is 26.7. The van der Waals surface area contributed by atoms with Gasteiger partial charge in [-0.1, -0.05) is 19.4 Å². The lowest BCUT2D eigenvalue weighted by Gasteiger charge is -2.22. The third kappa shape index (κ3) is 6.83. The summed E-state index contributed by atoms with van der Waals surface area (Å²) in [5.74, 6) is -0.406. The molecule has 1 atom stereocenters. The molecule has 0 spiro atoms. The smallest absolute Gasteiger partial charge is 0.419 e. The van der Waals surface area contributed by atoms with Crippen molar-refractivity contribution in [2.75, 3.05) is 19.0 Å². The van der Waals surface area contributed by atoms with Crippen LogP contribution in [0.15, 0.2) is 48.9 Å². The Bertz CT molecular complexity index is 1190. The van der Waals surface area contributed by atoms with E-state index in [-0.39, 0.29) is 30.7 Å². The van der Waals surface area contributed by atoms with Gasteiger partial charge in [-0.05, 0) is 48.7 Å². The molecule has 2 N–H and O–H groups in total. The van der Waals surface area contributed by atoms with Gasteiger partial charge in [0.1, 0.15) is 0 Å². The van der Waals surface area contributed by atoms with E-state index in [9.17, 15) is 22.8 Å². The van der Waals surface area contributed by atoms with Crippen molar-refractivity contribution in [2.45, 2.75) is 45.3 Å². The number of ether oxygens (including phenoxy) is 1. The molecule has 8 nitrogen and oxygen atoms in total. The Labute approximate surface area is 206 Å². The number of esters is 1. The number of methoxy groups -OCH3 is 1. The summed E-state index contributed by atoms with van der Waals surface area (Å²) in [5, 5.41) is 9.87. The van der Waals surface area contributed by atoms with Gasteiger partial charge in [0.25, 0.3) is 5.91 Å². The fourth-order valence-electron chi connectivity index (χ4n) is 3.69. The molecule has 0 bridgehead atoms. The number of rotatable bonds is 10. The van der Waals surface area contributed by atoms with Crippen LogP contribution in [0.25, 0.3) is 5.82 Å². The maximum Gasteiger partial charge on any atom is 0.419 e. The van der Waals surface area contributed by atoms with Crippen molar-refractivity contribution in [3.63, 3.8) is 0 Å². The predicted octanol–water partition coefficient (Wildman–Crippen LogP) is 4.84. The number of aryl methyl sites for hydroxylation is 1. The molecular weight excluding hydrogens is 475 g/mol. The van der Waals surface area contributed by atoms with Gasteiger partial charge in [-0.15, -0.1) is 0 Å². The molecule has 0 saturated heterocycles. The molecule has 2 heterocycles. The van der Waals surface area contributed by atoms with Crippen LogP contribution < -0.4 is 10.6 Å². The number of carbonyl (C=O) groups is 2. The van der Waals surface area contributed by atoms with Crippen LogP contribution in [0.3, 0.4) is 0 Å². The van der Waals surface area contributed by atoms with Gasteiger partial charge in [-0.25, -0.2) is 9.67 Å². The standard InChI is InChI=1S/C25H28F3N5O3/c1-4-5-21(20-8-6-17(12-16(20)2)24(35)29-11-10-23(34)36-3)32-19-7-9-22(30-14-19)33-15-18(13-31-33)25(26,27)28/h6-9,12-15,21,32H,4-5,10-11H2,1-3H3,(H,29,35). The van der Waals surface area contributed by atoms with Crippen molar-refractivity contribution in [1.29, 1.82) is 0 Å². The van der Waals surface area contributed by atoms with Crippen LogP contribution in [0, 0.1) is 6.92 Å². The normalized spacial score (nSPS) is 12.2. The monoisotopic (exact) mass is 503 g/mol. The summed E-state index contributed by atoms with van der Waals surface area (Å²) in [5.41, 5.74) is 2.27. The summed E-state index contributed by atoms with van der Waals surface area (Å²) in [6.45, 7) is 4.16. The highest BCUT2D eigenvalue weighted by atomic mass is 19.4. The maximum atomic E-state index is 12.8. The van der Waals surface area contributed by atoms with E-state index >= 15 is 0 Å². The lowest BCUT2D eigenvalue weighted by atomic mass is 9.95. The van der Waals surface area contributed by atoms with Gasteiger partial charge in [0.2, 0.25) is 0 Å². The van der Waals surface area contributed by atoms with Crippen molar-refractivity contribution in [3.05, 3.63) is 71.2 Å². The molecule has 3 rings (SSSR count). The molecule has 0 fully saturated rings. The molecule has 36 heavy (non-hydrogen) atoms. The van der Waals surface area contributed by atoms with E-state index < -0.39 is 17.7 Å². The number of alkyl halides is 3. The minimum atomic E-state index is -4.47. The van der Waals surface area contributed by atoms with Crippen molar-refractivity contribution in [1.82, 2.24) is 20.1 Å². The molecule has 0 aliphatic rings. The third-order valence-electron chi connectivity index (χ3n) is 5.56. The van der Waals surface area contributed by atoms with Gasteiger partial charge >= 0.3 is 12.1 Å². The molecule has 0 saturated carbocycles. The molecule has 1 amide bonds. The van der Waals surface area contributed by atoms with E-state index in [4.69, 9.17) is 0 Å². The summed E-state index contributed by atoms with van der Waals surface area (Å²) in [7, 11) is 1.30. The van der Waals surface area contributed by atoms with Crippen molar-refractivity contribution >= 4 is 17.6 Å². The topological polar surface area (TPSA) is 98.1 Å². The first-order chi connectivity index (χ1) is 17.1. The Balaban J connectivity index is 1.70. The molecule has 1 aromatic carbocycles. The number of aromatic nitrogens is 3. The number of nitrogens with one attached hydrogen (secondary N) is 2. The zero-order valence-corrected chi connectivity index (χ0v) is 20.2. The number of benzene rings is 1. The number of amides is 1. The largest absolute Gasteiger partial charge is 0.469 e. The fraction of sp³-hybridized carbons (Fsp3) is 0.360. The van der Waals surface area contributed by atoms with E-state index in [0.717, 1.165) is 41.0 Å². The van der Waals surface area contributed by atoms with E-state index in [2.05, 4.69) is 32.4 Å². The molecular formula is C25H28F3N5O3. The number of anilines is 1. The Morgan fingerprint density at radius 3 is 2.53 bits per heavy atom. The zero-order valence-electron chi connectivity index (χ0n) is 20.2. The molecule has 1 unspecified atom stereocenters. The van der Waals surface area contributed by atoms with E-state index in [0.29, 0.717) is 11.3 Å². The third-order valence-corrected chi connectivity index (χ3v) is 5.56. The first-order valence-electron chi connectivity index (χ1n) is 11.4. The summed E-state index contributed by atoms with van der Waals surface area (Å²) in [4.78, 5) is 27.9.